The van der Waals surface area contributed by atoms with Crippen molar-refractivity contribution < 1.29 is 4.74 Å². The monoisotopic (exact) mass is 346 g/mol. The van der Waals surface area contributed by atoms with E-state index in [1.54, 1.807) is 17.5 Å². The Morgan fingerprint density at radius 3 is 2.62 bits per heavy atom. The Balaban J connectivity index is 1.80. The van der Waals surface area contributed by atoms with Gasteiger partial charge >= 0.3 is 0 Å². The highest BCUT2D eigenvalue weighted by Gasteiger charge is 2.12. The third kappa shape index (κ3) is 4.60. The van der Waals surface area contributed by atoms with Crippen LogP contribution in [0.25, 0.3) is 6.08 Å². The lowest BCUT2D eigenvalue weighted by Gasteiger charge is -2.15. The molecule has 132 valence electrons. The van der Waals surface area contributed by atoms with Gasteiger partial charge in [-0.2, -0.15) is 5.10 Å². The first-order valence-corrected chi connectivity index (χ1v) is 8.42. The summed E-state index contributed by atoms with van der Waals surface area (Å²) in [6.07, 6.45) is 9.39. The van der Waals surface area contributed by atoms with Gasteiger partial charge in [-0.3, -0.25) is 4.57 Å². The lowest BCUT2D eigenvalue weighted by atomic mass is 10.2. The van der Waals surface area contributed by atoms with Crippen molar-refractivity contribution in [2.75, 3.05) is 20.7 Å². The fraction of sp³-hybridized carbons (Fsp3) is 0.143. The van der Waals surface area contributed by atoms with E-state index >= 15 is 0 Å². The van der Waals surface area contributed by atoms with Crippen molar-refractivity contribution >= 4 is 11.9 Å². The molecule has 5 heteroatoms. The van der Waals surface area contributed by atoms with E-state index in [1.165, 1.54) is 0 Å². The number of benzene rings is 2. The molecule has 0 aliphatic carbocycles. The normalized spacial score (nSPS) is 11.7. The third-order valence-corrected chi connectivity index (χ3v) is 3.62. The molecule has 5 nitrogen and oxygen atoms in total. The average Bonchev–Trinajstić information content (AvgIpc) is 3.19. The molecule has 3 rings (SSSR count). The Morgan fingerprint density at radius 1 is 1.12 bits per heavy atom. The molecular formula is C21H22N4O. The molecule has 0 saturated heterocycles. The van der Waals surface area contributed by atoms with Crippen molar-refractivity contribution in [1.29, 1.82) is 0 Å². The summed E-state index contributed by atoms with van der Waals surface area (Å²) >= 11 is 0. The molecule has 0 aliphatic rings. The van der Waals surface area contributed by atoms with E-state index in [9.17, 15) is 0 Å². The Morgan fingerprint density at radius 2 is 1.88 bits per heavy atom. The Hall–Kier alpha value is -3.34. The summed E-state index contributed by atoms with van der Waals surface area (Å²) in [4.78, 5) is 4.13. The highest BCUT2D eigenvalue weighted by atomic mass is 16.5. The molecule has 0 unspecified atom stereocenters. The Labute approximate surface area is 153 Å². The third-order valence-electron chi connectivity index (χ3n) is 3.62. The molecular weight excluding hydrogens is 324 g/mol. The highest BCUT2D eigenvalue weighted by Crippen LogP contribution is 2.20. The van der Waals surface area contributed by atoms with Crippen molar-refractivity contribution in [3.63, 3.8) is 0 Å². The first kappa shape index (κ1) is 17.5. The molecule has 2 aromatic carbocycles. The van der Waals surface area contributed by atoms with Crippen LogP contribution < -0.4 is 4.74 Å². The van der Waals surface area contributed by atoms with Crippen LogP contribution >= 0.6 is 0 Å². The molecule has 0 atom stereocenters. The van der Waals surface area contributed by atoms with Crippen molar-refractivity contribution in [3.05, 3.63) is 90.5 Å². The van der Waals surface area contributed by atoms with Crippen LogP contribution in [-0.4, -0.2) is 41.1 Å². The van der Waals surface area contributed by atoms with Crippen LogP contribution in [0, 0.1) is 0 Å². The second kappa shape index (κ2) is 8.67. The van der Waals surface area contributed by atoms with Crippen LogP contribution in [0.4, 0.5) is 0 Å². The first-order valence-electron chi connectivity index (χ1n) is 8.42. The molecule has 26 heavy (non-hydrogen) atoms. The summed E-state index contributed by atoms with van der Waals surface area (Å²) in [6, 6.07) is 18.1. The van der Waals surface area contributed by atoms with E-state index in [0.29, 0.717) is 6.61 Å². The fourth-order valence-electron chi connectivity index (χ4n) is 2.48. The number of aromatic nitrogens is 2. The summed E-state index contributed by atoms with van der Waals surface area (Å²) < 4.78 is 7.88. The van der Waals surface area contributed by atoms with Gasteiger partial charge in [0.2, 0.25) is 0 Å². The van der Waals surface area contributed by atoms with Crippen LogP contribution in [0.5, 0.6) is 5.75 Å². The number of hydrogen-bond donors (Lipinski definition) is 0. The number of imidazole rings is 1. The molecule has 0 saturated carbocycles. The SMILES string of the molecule is CN(C)/N=C(\c1ccccc1OC/C=C/c1ccccc1)n1ccnc1. The minimum atomic E-state index is 0.477. The van der Waals surface area contributed by atoms with E-state index in [1.807, 2.05) is 79.5 Å². The molecule has 0 spiro atoms. The summed E-state index contributed by atoms with van der Waals surface area (Å²) in [5.74, 6) is 1.54. The minimum Gasteiger partial charge on any atom is -0.489 e. The molecule has 0 bridgehead atoms. The van der Waals surface area contributed by atoms with E-state index in [4.69, 9.17) is 4.74 Å². The maximum Gasteiger partial charge on any atom is 0.168 e. The van der Waals surface area contributed by atoms with Crippen LogP contribution in [-0.2, 0) is 0 Å². The molecule has 0 amide bonds. The van der Waals surface area contributed by atoms with Crippen molar-refractivity contribution in [1.82, 2.24) is 14.6 Å². The predicted octanol–water partition coefficient (Wildman–Crippen LogP) is 3.75. The van der Waals surface area contributed by atoms with E-state index < -0.39 is 0 Å². The van der Waals surface area contributed by atoms with Gasteiger partial charge in [0.25, 0.3) is 0 Å². The van der Waals surface area contributed by atoms with E-state index in [2.05, 4.69) is 22.2 Å². The number of nitrogens with zero attached hydrogens (tertiary/aromatic N) is 4. The second-order valence-corrected chi connectivity index (χ2v) is 5.86. The number of rotatable bonds is 6. The topological polar surface area (TPSA) is 42.6 Å². The Bertz CT molecular complexity index is 868. The first-order chi connectivity index (χ1) is 12.7. The largest absolute Gasteiger partial charge is 0.489 e. The summed E-state index contributed by atoms with van der Waals surface area (Å²) in [6.45, 7) is 0.477. The van der Waals surface area contributed by atoms with Crippen molar-refractivity contribution in [2.24, 2.45) is 5.10 Å². The lowest BCUT2D eigenvalue weighted by molar-refractivity contribution is 0.362. The molecule has 0 aliphatic heterocycles. The summed E-state index contributed by atoms with van der Waals surface area (Å²) in [7, 11) is 3.78. The number of hydrazone groups is 1. The van der Waals surface area contributed by atoms with Gasteiger partial charge in [-0.1, -0.05) is 48.5 Å². The van der Waals surface area contributed by atoms with E-state index in [-0.39, 0.29) is 0 Å². The van der Waals surface area contributed by atoms with Gasteiger partial charge in [0.1, 0.15) is 18.7 Å². The molecule has 0 N–H and O–H groups in total. The molecule has 1 aromatic heterocycles. The van der Waals surface area contributed by atoms with Gasteiger partial charge in [-0.25, -0.2) is 4.98 Å². The van der Waals surface area contributed by atoms with Gasteiger partial charge in [0, 0.05) is 26.5 Å². The number of ether oxygens (including phenoxy) is 1. The van der Waals surface area contributed by atoms with Gasteiger partial charge in [-0.05, 0) is 23.8 Å². The Kier molecular flexibility index (Phi) is 5.83. The molecule has 1 heterocycles. The van der Waals surface area contributed by atoms with Crippen LogP contribution in [0.2, 0.25) is 0 Å². The predicted molar refractivity (Wildman–Crippen MR) is 105 cm³/mol. The van der Waals surface area contributed by atoms with Gasteiger partial charge < -0.3 is 9.75 Å². The van der Waals surface area contributed by atoms with Crippen LogP contribution in [0.3, 0.4) is 0 Å². The zero-order valence-electron chi connectivity index (χ0n) is 15.0. The standard InChI is InChI=1S/C21H22N4O/c1-24(2)23-21(25-15-14-22-17-25)19-12-6-7-13-20(19)26-16-8-11-18-9-4-3-5-10-18/h3-15,17H,16H2,1-2H3/b11-8+,23-21+. The van der Waals surface area contributed by atoms with Gasteiger partial charge in [0.05, 0.1) is 5.56 Å². The summed E-state index contributed by atoms with van der Waals surface area (Å²) in [5.41, 5.74) is 2.06. The molecule has 0 radical (unpaired) electrons. The van der Waals surface area contributed by atoms with Gasteiger partial charge in [0.15, 0.2) is 5.84 Å². The van der Waals surface area contributed by atoms with Crippen LogP contribution in [0.15, 0.2) is 84.5 Å². The highest BCUT2D eigenvalue weighted by molar-refractivity contribution is 6.02. The lowest BCUT2D eigenvalue weighted by Crippen LogP contribution is -2.18. The van der Waals surface area contributed by atoms with Crippen LogP contribution in [0.1, 0.15) is 11.1 Å². The fourth-order valence-corrected chi connectivity index (χ4v) is 2.48. The van der Waals surface area contributed by atoms with Gasteiger partial charge in [-0.15, -0.1) is 0 Å². The van der Waals surface area contributed by atoms with E-state index in [0.717, 1.165) is 22.7 Å². The smallest absolute Gasteiger partial charge is 0.168 e. The number of hydrogen-bond acceptors (Lipinski definition) is 4. The van der Waals surface area contributed by atoms with Crippen molar-refractivity contribution in [3.8, 4) is 5.75 Å². The maximum absolute atomic E-state index is 6.00. The maximum atomic E-state index is 6.00. The van der Waals surface area contributed by atoms with Crippen molar-refractivity contribution in [2.45, 2.75) is 0 Å². The minimum absolute atomic E-state index is 0.477. The zero-order chi connectivity index (χ0) is 18.2. The molecule has 3 aromatic rings. The quantitative estimate of drug-likeness (QED) is 0.388. The number of para-hydroxylation sites is 1. The molecule has 0 fully saturated rings. The summed E-state index contributed by atoms with van der Waals surface area (Å²) in [5, 5.41) is 6.37. The second-order valence-electron chi connectivity index (χ2n) is 5.86. The zero-order valence-corrected chi connectivity index (χ0v) is 15.0. The average molecular weight is 346 g/mol.